The van der Waals surface area contributed by atoms with E-state index in [4.69, 9.17) is 37.9 Å². The Morgan fingerprint density at radius 2 is 0.776 bits per heavy atom. The van der Waals surface area contributed by atoms with Crippen LogP contribution in [0, 0.1) is 0 Å². The first-order valence-electron chi connectivity index (χ1n) is 14.6. The summed E-state index contributed by atoms with van der Waals surface area (Å²) in [5.74, 6) is -0.0109. The molecule has 49 heavy (non-hydrogen) atoms. The third kappa shape index (κ3) is 10.0. The standard InChI is InChI=1S/C15H30N6O6.C12H18N4O6/c1-22-7-19(8-23-2)13-16-14(20(9-24-3)10-25-4)18-15(17-13)21(11-26-5)12-27-6;1-7(17)15-10-9(13(5-21-3)11(15)19)14(6-22-4)12(20)16(10)8(2)18/h7-12H2,1-6H3;9-10H,5-6H2,1-4H3. The SMILES string of the molecule is COCN(COC)c1nc(N(COC)COC)nc(N(COC)COC)n1.COCN1C(=O)N(C(C)=O)C2C1N(COC)C(=O)N2C(C)=O. The van der Waals surface area contributed by atoms with E-state index in [1.165, 1.54) is 37.9 Å². The largest absolute Gasteiger partial charge is 0.364 e. The number of imide groups is 2. The van der Waals surface area contributed by atoms with Gasteiger partial charge >= 0.3 is 12.1 Å². The molecule has 0 N–H and O–H groups in total. The molecule has 2 aliphatic rings. The zero-order valence-electron chi connectivity index (χ0n) is 29.7. The minimum absolute atomic E-state index is 0.122. The summed E-state index contributed by atoms with van der Waals surface area (Å²) in [6.45, 7) is 3.57. The highest BCUT2D eigenvalue weighted by Crippen LogP contribution is 2.35. The highest BCUT2D eigenvalue weighted by atomic mass is 16.5. The molecule has 0 spiro atoms. The average Bonchev–Trinajstić information content (AvgIpc) is 3.50. The first-order chi connectivity index (χ1) is 23.5. The number of methoxy groups -OCH3 is 8. The summed E-state index contributed by atoms with van der Waals surface area (Å²) in [5.41, 5.74) is 0. The summed E-state index contributed by atoms with van der Waals surface area (Å²) in [7, 11) is 12.3. The van der Waals surface area contributed by atoms with E-state index < -0.39 is 36.2 Å². The van der Waals surface area contributed by atoms with Crippen molar-refractivity contribution in [3.05, 3.63) is 0 Å². The molecule has 6 amide bonds. The van der Waals surface area contributed by atoms with Crippen LogP contribution in [0.3, 0.4) is 0 Å². The number of urea groups is 2. The molecule has 0 saturated carbocycles. The maximum atomic E-state index is 12.4. The Hall–Kier alpha value is -4.03. The second-order valence-corrected chi connectivity index (χ2v) is 10.3. The Balaban J connectivity index is 0.000000347. The van der Waals surface area contributed by atoms with Gasteiger partial charge in [0.15, 0.2) is 12.3 Å². The fourth-order valence-corrected chi connectivity index (χ4v) is 4.95. The predicted octanol–water partition coefficient (Wildman–Crippen LogP) is -0.671. The summed E-state index contributed by atoms with van der Waals surface area (Å²) in [6.07, 6.45) is -1.87. The zero-order chi connectivity index (χ0) is 36.7. The molecule has 2 saturated heterocycles. The van der Waals surface area contributed by atoms with Gasteiger partial charge in [0.25, 0.3) is 0 Å². The zero-order valence-corrected chi connectivity index (χ0v) is 29.7. The van der Waals surface area contributed by atoms with Crippen molar-refractivity contribution in [1.29, 1.82) is 0 Å². The molecule has 2 fully saturated rings. The lowest BCUT2D eigenvalue weighted by Gasteiger charge is -2.27. The van der Waals surface area contributed by atoms with E-state index in [9.17, 15) is 19.2 Å². The Kier molecular flexibility index (Phi) is 17.2. The normalized spacial score (nSPS) is 16.9. The van der Waals surface area contributed by atoms with Crippen LogP contribution in [0.4, 0.5) is 27.4 Å². The van der Waals surface area contributed by atoms with Crippen LogP contribution in [-0.2, 0) is 47.5 Å². The van der Waals surface area contributed by atoms with E-state index >= 15 is 0 Å². The van der Waals surface area contributed by atoms with Crippen LogP contribution >= 0.6 is 0 Å². The van der Waals surface area contributed by atoms with Crippen LogP contribution in [0.25, 0.3) is 0 Å². The van der Waals surface area contributed by atoms with E-state index in [1.807, 2.05) is 0 Å². The smallest absolute Gasteiger partial charge is 0.332 e. The van der Waals surface area contributed by atoms with Gasteiger partial charge < -0.3 is 37.9 Å². The second kappa shape index (κ2) is 20.5. The van der Waals surface area contributed by atoms with E-state index in [0.29, 0.717) is 17.8 Å². The molecule has 2 aliphatic heterocycles. The van der Waals surface area contributed by atoms with Crippen LogP contribution in [0.15, 0.2) is 0 Å². The number of hydrogen-bond donors (Lipinski definition) is 0. The van der Waals surface area contributed by atoms with Gasteiger partial charge in [-0.1, -0.05) is 0 Å². The van der Waals surface area contributed by atoms with Crippen molar-refractivity contribution in [2.45, 2.75) is 26.2 Å². The molecule has 3 rings (SSSR count). The molecular weight excluding hydrogens is 656 g/mol. The van der Waals surface area contributed by atoms with Gasteiger partial charge in [-0.25, -0.2) is 19.4 Å². The van der Waals surface area contributed by atoms with Crippen LogP contribution < -0.4 is 14.7 Å². The number of hydrogen-bond acceptors (Lipinski definition) is 18. The van der Waals surface area contributed by atoms with Crippen molar-refractivity contribution in [3.63, 3.8) is 0 Å². The van der Waals surface area contributed by atoms with Crippen molar-refractivity contribution in [3.8, 4) is 0 Å². The van der Waals surface area contributed by atoms with Gasteiger partial charge in [0.1, 0.15) is 53.8 Å². The lowest BCUT2D eigenvalue weighted by atomic mass is 10.3. The summed E-state index contributed by atoms with van der Waals surface area (Å²) < 4.78 is 41.3. The topological polar surface area (TPSA) is 203 Å². The maximum Gasteiger partial charge on any atom is 0.332 e. The number of aromatic nitrogens is 3. The lowest BCUT2D eigenvalue weighted by molar-refractivity contribution is -0.134. The minimum Gasteiger partial charge on any atom is -0.364 e. The third-order valence-electron chi connectivity index (χ3n) is 6.71. The molecule has 1 aromatic heterocycles. The average molecular weight is 705 g/mol. The van der Waals surface area contributed by atoms with Gasteiger partial charge in [0.2, 0.25) is 29.7 Å². The third-order valence-corrected chi connectivity index (χ3v) is 6.71. The Bertz CT molecular complexity index is 1090. The summed E-state index contributed by atoms with van der Waals surface area (Å²) >= 11 is 0. The minimum atomic E-state index is -1.03. The Labute approximate surface area is 285 Å². The van der Waals surface area contributed by atoms with Crippen LogP contribution in [0.1, 0.15) is 13.8 Å². The summed E-state index contributed by atoms with van der Waals surface area (Å²) in [4.78, 5) is 71.4. The molecule has 0 unspecified atom stereocenters. The van der Waals surface area contributed by atoms with Crippen LogP contribution in [0.2, 0.25) is 0 Å². The molecule has 278 valence electrons. The van der Waals surface area contributed by atoms with E-state index in [2.05, 4.69) is 15.0 Å². The Morgan fingerprint density at radius 3 is 0.980 bits per heavy atom. The number of ether oxygens (including phenoxy) is 8. The number of anilines is 3. The summed E-state index contributed by atoms with van der Waals surface area (Å²) in [5, 5.41) is 0. The van der Waals surface area contributed by atoms with Crippen molar-refractivity contribution in [1.82, 2.24) is 34.6 Å². The van der Waals surface area contributed by atoms with E-state index in [-0.39, 0.29) is 53.8 Å². The first kappa shape index (κ1) is 41.1. The molecule has 0 aromatic carbocycles. The van der Waals surface area contributed by atoms with Gasteiger partial charge in [0, 0.05) is 70.7 Å². The van der Waals surface area contributed by atoms with Crippen LogP contribution in [-0.4, -0.2) is 181 Å². The van der Waals surface area contributed by atoms with Crippen molar-refractivity contribution >= 4 is 41.7 Å². The monoisotopic (exact) mass is 704 g/mol. The van der Waals surface area contributed by atoms with Crippen molar-refractivity contribution < 1.29 is 57.1 Å². The van der Waals surface area contributed by atoms with E-state index in [1.54, 1.807) is 57.4 Å². The van der Waals surface area contributed by atoms with Gasteiger partial charge in [-0.3, -0.25) is 34.1 Å². The van der Waals surface area contributed by atoms with Gasteiger partial charge in [-0.15, -0.1) is 0 Å². The maximum absolute atomic E-state index is 12.4. The predicted molar refractivity (Wildman–Crippen MR) is 169 cm³/mol. The highest BCUT2D eigenvalue weighted by Gasteiger charge is 2.61. The molecule has 0 bridgehead atoms. The lowest BCUT2D eigenvalue weighted by Crippen LogP contribution is -2.50. The number of rotatable bonds is 19. The number of nitrogens with zero attached hydrogens (tertiary/aromatic N) is 10. The molecule has 22 heteroatoms. The number of carbonyl (C=O) groups excluding carboxylic acids is 4. The molecule has 0 atom stereocenters. The van der Waals surface area contributed by atoms with Crippen molar-refractivity contribution in [2.75, 3.05) is 125 Å². The Morgan fingerprint density at radius 1 is 0.510 bits per heavy atom. The molecule has 3 heterocycles. The number of fused-ring (bicyclic) bond motifs is 1. The van der Waals surface area contributed by atoms with E-state index in [0.717, 1.165) is 9.80 Å². The van der Waals surface area contributed by atoms with Gasteiger partial charge in [-0.2, -0.15) is 15.0 Å². The number of carbonyl (C=O) groups is 4. The van der Waals surface area contributed by atoms with Gasteiger partial charge in [-0.05, 0) is 0 Å². The summed E-state index contributed by atoms with van der Waals surface area (Å²) in [6, 6.07) is -1.24. The fraction of sp³-hybridized carbons (Fsp3) is 0.741. The van der Waals surface area contributed by atoms with Crippen molar-refractivity contribution in [2.24, 2.45) is 0 Å². The van der Waals surface area contributed by atoms with Crippen LogP contribution in [0.5, 0.6) is 0 Å². The molecular formula is C27H48N10O12. The first-order valence-corrected chi connectivity index (χ1v) is 14.6. The quantitative estimate of drug-likeness (QED) is 0.164. The second-order valence-electron chi connectivity index (χ2n) is 10.3. The fourth-order valence-electron chi connectivity index (χ4n) is 4.95. The number of amides is 6. The van der Waals surface area contributed by atoms with Gasteiger partial charge in [0.05, 0.1) is 0 Å². The highest BCUT2D eigenvalue weighted by molar-refractivity contribution is 6.02. The molecule has 0 radical (unpaired) electrons. The molecule has 22 nitrogen and oxygen atoms in total. The molecule has 1 aromatic rings. The molecule has 0 aliphatic carbocycles.